The summed E-state index contributed by atoms with van der Waals surface area (Å²) in [5.74, 6) is -5.36. The Labute approximate surface area is 336 Å². The van der Waals surface area contributed by atoms with Crippen LogP contribution in [0.15, 0.2) is 71.8 Å². The Hall–Kier alpha value is -4.67. The highest BCUT2D eigenvalue weighted by atomic mass is 16.6. The Morgan fingerprint density at radius 1 is 0.948 bits per heavy atom. The monoisotopic (exact) mass is 807 g/mol. The SMILES string of the molecule is CC(=O)O[C@@]12COC1C[C@H](O)C1(C)C(=O)[C@H](O)C3=C(C)[C@@H](OC(=O)C(O)[C@@H](NC(=O)OC(C)(C)C)c4ccccc4)CC(O)([C@@H](OC(=O)c4ccccc4)C12)C3(C)C. The molecule has 2 aromatic carbocycles. The van der Waals surface area contributed by atoms with Gasteiger partial charge in [0.05, 0.1) is 35.6 Å². The minimum Gasteiger partial charge on any atom is -0.456 e. The summed E-state index contributed by atoms with van der Waals surface area (Å²) < 4.78 is 29.5. The number of nitrogens with one attached hydrogen (secondary N) is 1. The number of rotatable bonds is 8. The van der Waals surface area contributed by atoms with E-state index in [-0.39, 0.29) is 29.7 Å². The number of carbonyl (C=O) groups is 5. The number of Topliss-reactive ketones (excluding diaryl/α,β-unsaturated/α-hetero) is 1. The third kappa shape index (κ3) is 7.10. The predicted octanol–water partition coefficient (Wildman–Crippen LogP) is 3.26. The number of benzene rings is 2. The van der Waals surface area contributed by atoms with E-state index in [4.69, 9.17) is 23.7 Å². The first kappa shape index (κ1) is 42.9. The number of hydrogen-bond donors (Lipinski definition) is 5. The van der Waals surface area contributed by atoms with Gasteiger partial charge in [0.15, 0.2) is 17.5 Å². The van der Waals surface area contributed by atoms with E-state index in [9.17, 15) is 44.4 Å². The summed E-state index contributed by atoms with van der Waals surface area (Å²) in [6, 6.07) is 14.6. The molecule has 5 unspecified atom stereocenters. The van der Waals surface area contributed by atoms with Gasteiger partial charge in [-0.3, -0.25) is 9.59 Å². The number of fused-ring (bicyclic) bond motifs is 5. The van der Waals surface area contributed by atoms with Gasteiger partial charge < -0.3 is 49.4 Å². The van der Waals surface area contributed by atoms with Crippen molar-refractivity contribution in [3.05, 3.63) is 82.9 Å². The molecule has 15 nitrogen and oxygen atoms in total. The first-order valence-electron chi connectivity index (χ1n) is 19.3. The van der Waals surface area contributed by atoms with Crippen molar-refractivity contribution in [2.45, 2.75) is 128 Å². The molecular formula is C43H53NO14. The molecule has 6 rings (SSSR count). The molecule has 2 aromatic rings. The third-order valence-corrected chi connectivity index (χ3v) is 12.6. The second-order valence-corrected chi connectivity index (χ2v) is 17.6. The fraction of sp³-hybridized carbons (Fsp3) is 0.558. The summed E-state index contributed by atoms with van der Waals surface area (Å²) in [5, 5.41) is 51.6. The van der Waals surface area contributed by atoms with Gasteiger partial charge in [-0.1, -0.05) is 62.4 Å². The number of hydrogen-bond acceptors (Lipinski definition) is 14. The summed E-state index contributed by atoms with van der Waals surface area (Å²) in [5.41, 5.74) is -8.14. The largest absolute Gasteiger partial charge is 0.456 e. The number of aliphatic hydroxyl groups is 4. The van der Waals surface area contributed by atoms with E-state index in [0.29, 0.717) is 5.56 Å². The second kappa shape index (κ2) is 15.2. The van der Waals surface area contributed by atoms with Crippen LogP contribution in [-0.4, -0.2) is 110 Å². The normalized spacial score (nSPS) is 33.7. The van der Waals surface area contributed by atoms with Gasteiger partial charge in [0.1, 0.15) is 35.6 Å². The van der Waals surface area contributed by atoms with Gasteiger partial charge in [0.2, 0.25) is 0 Å². The summed E-state index contributed by atoms with van der Waals surface area (Å²) in [6.45, 7) is 11.8. The van der Waals surface area contributed by atoms with Crippen LogP contribution < -0.4 is 5.32 Å². The van der Waals surface area contributed by atoms with Crippen molar-refractivity contribution in [3.63, 3.8) is 0 Å². The average Bonchev–Trinajstić information content (AvgIpc) is 3.14. The Kier molecular flexibility index (Phi) is 11.2. The summed E-state index contributed by atoms with van der Waals surface area (Å²) in [6.07, 6.45) is -11.5. The fourth-order valence-electron chi connectivity index (χ4n) is 9.56. The number of carbonyl (C=O) groups excluding carboxylic acids is 5. The third-order valence-electron chi connectivity index (χ3n) is 12.6. The number of aliphatic hydroxyl groups excluding tert-OH is 3. The second-order valence-electron chi connectivity index (χ2n) is 17.6. The Morgan fingerprint density at radius 2 is 1.55 bits per heavy atom. The van der Waals surface area contributed by atoms with Crippen molar-refractivity contribution in [2.75, 3.05) is 6.61 Å². The molecule has 3 fully saturated rings. The molecule has 1 saturated heterocycles. The van der Waals surface area contributed by atoms with E-state index in [2.05, 4.69) is 5.32 Å². The lowest BCUT2D eigenvalue weighted by atomic mass is 9.44. The highest BCUT2D eigenvalue weighted by Crippen LogP contribution is 2.64. The quantitative estimate of drug-likeness (QED) is 0.147. The number of ketones is 1. The van der Waals surface area contributed by atoms with Crippen LogP contribution >= 0.6 is 0 Å². The summed E-state index contributed by atoms with van der Waals surface area (Å²) in [4.78, 5) is 68.9. The Morgan fingerprint density at radius 3 is 2.10 bits per heavy atom. The van der Waals surface area contributed by atoms with E-state index in [1.165, 1.54) is 26.0 Å². The van der Waals surface area contributed by atoms with E-state index in [1.54, 1.807) is 83.1 Å². The lowest BCUT2D eigenvalue weighted by molar-refractivity contribution is -0.346. The zero-order chi connectivity index (χ0) is 42.7. The van der Waals surface area contributed by atoms with Gasteiger partial charge in [0, 0.05) is 25.2 Å². The van der Waals surface area contributed by atoms with Crippen molar-refractivity contribution < 1.29 is 68.1 Å². The lowest BCUT2D eigenvalue weighted by Gasteiger charge is -2.67. The first-order chi connectivity index (χ1) is 27.0. The maximum absolute atomic E-state index is 14.9. The van der Waals surface area contributed by atoms with Gasteiger partial charge in [-0.15, -0.1) is 0 Å². The maximum Gasteiger partial charge on any atom is 0.408 e. The molecule has 58 heavy (non-hydrogen) atoms. The highest BCUT2D eigenvalue weighted by molar-refractivity contribution is 5.94. The average molecular weight is 808 g/mol. The smallest absolute Gasteiger partial charge is 0.408 e. The van der Waals surface area contributed by atoms with Gasteiger partial charge >= 0.3 is 24.0 Å². The Balaban J connectivity index is 1.49. The molecule has 4 aliphatic rings. The number of esters is 3. The molecule has 314 valence electrons. The molecular weight excluding hydrogens is 754 g/mol. The van der Waals surface area contributed by atoms with Crippen molar-refractivity contribution in [3.8, 4) is 0 Å². The van der Waals surface area contributed by atoms with Crippen LogP contribution in [0.2, 0.25) is 0 Å². The van der Waals surface area contributed by atoms with Crippen molar-refractivity contribution in [1.29, 1.82) is 0 Å². The number of ether oxygens (including phenoxy) is 5. The lowest BCUT2D eigenvalue weighted by Crippen LogP contribution is -2.81. The summed E-state index contributed by atoms with van der Waals surface area (Å²) >= 11 is 0. The van der Waals surface area contributed by atoms with Crippen LogP contribution in [0, 0.1) is 16.7 Å². The molecule has 1 aliphatic heterocycles. The Bertz CT molecular complexity index is 1980. The molecule has 5 N–H and O–H groups in total. The van der Waals surface area contributed by atoms with Crippen LogP contribution in [0.4, 0.5) is 4.79 Å². The predicted molar refractivity (Wildman–Crippen MR) is 204 cm³/mol. The van der Waals surface area contributed by atoms with Crippen molar-refractivity contribution in [2.24, 2.45) is 16.7 Å². The highest BCUT2D eigenvalue weighted by Gasteiger charge is 2.78. The van der Waals surface area contributed by atoms with Crippen molar-refractivity contribution in [1.82, 2.24) is 5.32 Å². The molecule has 0 spiro atoms. The zero-order valence-electron chi connectivity index (χ0n) is 33.9. The fourth-order valence-corrected chi connectivity index (χ4v) is 9.56. The molecule has 2 saturated carbocycles. The van der Waals surface area contributed by atoms with Crippen LogP contribution in [0.3, 0.4) is 0 Å². The molecule has 1 amide bonds. The first-order valence-corrected chi connectivity index (χ1v) is 19.3. The van der Waals surface area contributed by atoms with Crippen LogP contribution in [0.5, 0.6) is 0 Å². The number of alkyl carbamates (subject to hydrolysis) is 1. The maximum atomic E-state index is 14.9. The van der Waals surface area contributed by atoms with Crippen molar-refractivity contribution >= 4 is 29.8 Å². The number of amides is 1. The molecule has 11 atom stereocenters. The van der Waals surface area contributed by atoms with E-state index in [1.807, 2.05) is 0 Å². The standard InChI is InChI=1S/C43H53NO14/c1-22-26(55-37(51)32(48)30(24-15-11-9-12-16-24)44-38(52)58-39(3,4)5)20-43(53)35(56-36(50)25-17-13-10-14-18-25)33-41(8,34(49)31(47)29(22)40(43,6)7)27(46)19-28-42(33,21-54-28)57-23(2)45/h9-18,26-28,30-33,35,46-48,53H,19-21H2,1-8H3,(H,44,52)/t26-,27-,28?,30-,31+,32?,33?,35-,41?,42-,43?/m0/s1. The molecule has 3 aliphatic carbocycles. The van der Waals surface area contributed by atoms with Crippen LogP contribution in [-0.2, 0) is 38.1 Å². The zero-order valence-corrected chi connectivity index (χ0v) is 33.9. The molecule has 2 bridgehead atoms. The van der Waals surface area contributed by atoms with E-state index < -0.39 is 112 Å². The summed E-state index contributed by atoms with van der Waals surface area (Å²) in [7, 11) is 0. The van der Waals surface area contributed by atoms with E-state index in [0.717, 1.165) is 6.92 Å². The van der Waals surface area contributed by atoms with Gasteiger partial charge in [0.25, 0.3) is 0 Å². The van der Waals surface area contributed by atoms with Gasteiger partial charge in [-0.25, -0.2) is 14.4 Å². The van der Waals surface area contributed by atoms with E-state index >= 15 is 0 Å². The van der Waals surface area contributed by atoms with Gasteiger partial charge in [-0.2, -0.15) is 0 Å². The minimum absolute atomic E-state index is 0.0637. The topological polar surface area (TPSA) is 224 Å². The molecule has 1 heterocycles. The van der Waals surface area contributed by atoms with Crippen LogP contribution in [0.25, 0.3) is 0 Å². The molecule has 15 heteroatoms. The minimum atomic E-state index is -2.35. The molecule has 0 radical (unpaired) electrons. The van der Waals surface area contributed by atoms with Gasteiger partial charge in [-0.05, 0) is 63.5 Å². The molecule has 0 aromatic heterocycles. The van der Waals surface area contributed by atoms with Crippen LogP contribution in [0.1, 0.15) is 90.2 Å².